The first-order chi connectivity index (χ1) is 13.2. The van der Waals surface area contributed by atoms with Gasteiger partial charge in [0.15, 0.2) is 0 Å². The predicted octanol–water partition coefficient (Wildman–Crippen LogP) is 5.30. The Morgan fingerprint density at radius 3 is 2.67 bits per heavy atom. The molecule has 1 heterocycles. The van der Waals surface area contributed by atoms with Crippen LogP contribution in [0.25, 0.3) is 4.85 Å². The Morgan fingerprint density at radius 2 is 2.00 bits per heavy atom. The minimum Gasteiger partial charge on any atom is -0.392 e. The molecule has 1 saturated carbocycles. The standard InChI is InChI=1S/C21H19N5S/c1-25-19-18(16-8-3-2-4-9-16)17(12-23)21(26-20(19)24)27-13-15-7-5-6-14(10-15)11-22/h5-7,10,16H,2-4,8-9,13H2,(H2,24,26). The molecule has 134 valence electrons. The van der Waals surface area contributed by atoms with Gasteiger partial charge in [-0.15, -0.1) is 11.8 Å². The van der Waals surface area contributed by atoms with E-state index in [-0.39, 0.29) is 11.7 Å². The second kappa shape index (κ2) is 8.58. The van der Waals surface area contributed by atoms with Crippen molar-refractivity contribution in [3.8, 4) is 12.1 Å². The van der Waals surface area contributed by atoms with Gasteiger partial charge in [0.05, 0.1) is 23.8 Å². The fourth-order valence-electron chi connectivity index (χ4n) is 3.59. The van der Waals surface area contributed by atoms with Crippen molar-refractivity contribution in [2.45, 2.75) is 48.8 Å². The fourth-order valence-corrected chi connectivity index (χ4v) is 4.54. The van der Waals surface area contributed by atoms with Gasteiger partial charge in [-0.25, -0.2) is 9.83 Å². The predicted molar refractivity (Wildman–Crippen MR) is 106 cm³/mol. The summed E-state index contributed by atoms with van der Waals surface area (Å²) in [5, 5.41) is 19.5. The van der Waals surface area contributed by atoms with Crippen LogP contribution < -0.4 is 5.73 Å². The number of benzene rings is 1. The van der Waals surface area contributed by atoms with Crippen molar-refractivity contribution in [2.24, 2.45) is 0 Å². The van der Waals surface area contributed by atoms with Crippen molar-refractivity contribution in [2.75, 3.05) is 5.73 Å². The van der Waals surface area contributed by atoms with Gasteiger partial charge in [0.25, 0.3) is 0 Å². The van der Waals surface area contributed by atoms with Crippen LogP contribution >= 0.6 is 11.8 Å². The zero-order valence-electron chi connectivity index (χ0n) is 14.9. The van der Waals surface area contributed by atoms with Gasteiger partial charge in [0.1, 0.15) is 16.9 Å². The van der Waals surface area contributed by atoms with Crippen LogP contribution in [0.5, 0.6) is 0 Å². The number of rotatable bonds is 4. The molecule has 0 saturated heterocycles. The van der Waals surface area contributed by atoms with Gasteiger partial charge in [0, 0.05) is 5.75 Å². The molecule has 0 aliphatic heterocycles. The molecule has 27 heavy (non-hydrogen) atoms. The Bertz CT molecular complexity index is 972. The summed E-state index contributed by atoms with van der Waals surface area (Å²) >= 11 is 1.43. The highest BCUT2D eigenvalue weighted by molar-refractivity contribution is 7.98. The first-order valence-corrected chi connectivity index (χ1v) is 9.89. The van der Waals surface area contributed by atoms with Crippen molar-refractivity contribution in [1.82, 2.24) is 4.98 Å². The van der Waals surface area contributed by atoms with Gasteiger partial charge in [-0.1, -0.05) is 31.4 Å². The number of hydrogen-bond donors (Lipinski definition) is 1. The zero-order valence-corrected chi connectivity index (χ0v) is 15.7. The number of nitrogen functional groups attached to an aromatic ring is 1. The van der Waals surface area contributed by atoms with E-state index in [9.17, 15) is 5.26 Å². The normalized spacial score (nSPS) is 14.1. The number of aromatic nitrogens is 1. The maximum Gasteiger partial charge on any atom is 0.232 e. The summed E-state index contributed by atoms with van der Waals surface area (Å²) in [6.07, 6.45) is 5.38. The molecule has 0 spiro atoms. The summed E-state index contributed by atoms with van der Waals surface area (Å²) in [4.78, 5) is 7.97. The van der Waals surface area contributed by atoms with E-state index in [1.807, 2.05) is 18.2 Å². The van der Waals surface area contributed by atoms with Crippen LogP contribution in [0.4, 0.5) is 11.5 Å². The molecule has 5 nitrogen and oxygen atoms in total. The summed E-state index contributed by atoms with van der Waals surface area (Å²) in [5.74, 6) is 0.986. The first kappa shape index (κ1) is 18.8. The number of nitrogens with two attached hydrogens (primary N) is 1. The number of hydrogen-bond acceptors (Lipinski definition) is 5. The molecule has 0 amide bonds. The van der Waals surface area contributed by atoms with Gasteiger partial charge < -0.3 is 5.73 Å². The van der Waals surface area contributed by atoms with Crippen LogP contribution in [0.1, 0.15) is 60.3 Å². The maximum atomic E-state index is 9.83. The largest absolute Gasteiger partial charge is 0.392 e. The number of pyridine rings is 1. The quantitative estimate of drug-likeness (QED) is 0.580. The summed E-state index contributed by atoms with van der Waals surface area (Å²) in [6, 6.07) is 11.8. The van der Waals surface area contributed by atoms with E-state index >= 15 is 0 Å². The van der Waals surface area contributed by atoms with Crippen molar-refractivity contribution in [3.63, 3.8) is 0 Å². The molecule has 0 atom stereocenters. The van der Waals surface area contributed by atoms with Crippen LogP contribution in [0.15, 0.2) is 29.3 Å². The van der Waals surface area contributed by atoms with E-state index in [0.29, 0.717) is 27.6 Å². The van der Waals surface area contributed by atoms with E-state index in [1.165, 1.54) is 18.2 Å². The number of anilines is 1. The molecule has 2 N–H and O–H groups in total. The molecule has 1 aromatic heterocycles. The molecule has 0 bridgehead atoms. The highest BCUT2D eigenvalue weighted by atomic mass is 32.2. The summed E-state index contributed by atoms with van der Waals surface area (Å²) in [6.45, 7) is 7.53. The average molecular weight is 373 g/mol. The molecule has 1 aliphatic carbocycles. The lowest BCUT2D eigenvalue weighted by Crippen LogP contribution is -2.10. The summed E-state index contributed by atoms with van der Waals surface area (Å²) in [5.41, 5.74) is 9.29. The molecule has 1 fully saturated rings. The molecular formula is C21H19N5S. The molecular weight excluding hydrogens is 354 g/mol. The third-order valence-corrected chi connectivity index (χ3v) is 5.92. The summed E-state index contributed by atoms with van der Waals surface area (Å²) in [7, 11) is 0. The minimum absolute atomic E-state index is 0.198. The van der Waals surface area contributed by atoms with E-state index in [1.54, 1.807) is 6.07 Å². The van der Waals surface area contributed by atoms with E-state index in [0.717, 1.165) is 36.8 Å². The van der Waals surface area contributed by atoms with Crippen molar-refractivity contribution >= 4 is 23.3 Å². The molecule has 6 heteroatoms. The van der Waals surface area contributed by atoms with E-state index in [4.69, 9.17) is 17.6 Å². The highest BCUT2D eigenvalue weighted by Crippen LogP contribution is 2.44. The van der Waals surface area contributed by atoms with Crippen molar-refractivity contribution < 1.29 is 0 Å². The smallest absolute Gasteiger partial charge is 0.232 e. The topological polar surface area (TPSA) is 90.8 Å². The van der Waals surface area contributed by atoms with Gasteiger partial charge in [-0.2, -0.15) is 10.5 Å². The van der Waals surface area contributed by atoms with Gasteiger partial charge in [-0.3, -0.25) is 0 Å². The van der Waals surface area contributed by atoms with Gasteiger partial charge in [0.2, 0.25) is 5.69 Å². The maximum absolute atomic E-state index is 9.83. The lowest BCUT2D eigenvalue weighted by atomic mass is 9.82. The molecule has 0 unspecified atom stereocenters. The van der Waals surface area contributed by atoms with Crippen LogP contribution in [0, 0.1) is 29.2 Å². The van der Waals surface area contributed by atoms with E-state index < -0.39 is 0 Å². The molecule has 0 radical (unpaired) electrons. The Kier molecular flexibility index (Phi) is 5.97. The monoisotopic (exact) mass is 373 g/mol. The van der Waals surface area contributed by atoms with Gasteiger partial charge in [-0.05, 0) is 42.0 Å². The van der Waals surface area contributed by atoms with Crippen molar-refractivity contribution in [3.05, 3.63) is 57.9 Å². The molecule has 1 aliphatic rings. The Balaban J connectivity index is 1.98. The second-order valence-corrected chi connectivity index (χ2v) is 7.56. The third-order valence-electron chi connectivity index (χ3n) is 4.87. The minimum atomic E-state index is 0.198. The average Bonchev–Trinajstić information content (AvgIpc) is 2.72. The molecule has 1 aromatic carbocycles. The van der Waals surface area contributed by atoms with E-state index in [2.05, 4.69) is 22.0 Å². The fraction of sp³-hybridized carbons (Fsp3) is 0.333. The Morgan fingerprint density at radius 1 is 1.22 bits per heavy atom. The van der Waals surface area contributed by atoms with Crippen LogP contribution in [-0.4, -0.2) is 4.98 Å². The number of nitriles is 2. The SMILES string of the molecule is [C-]#[N+]c1c(N)nc(SCc2cccc(C#N)c2)c(C#N)c1C1CCCCC1. The summed E-state index contributed by atoms with van der Waals surface area (Å²) < 4.78 is 0. The van der Waals surface area contributed by atoms with Crippen LogP contribution in [-0.2, 0) is 5.75 Å². The number of thioether (sulfide) groups is 1. The Labute approximate surface area is 163 Å². The van der Waals surface area contributed by atoms with Crippen LogP contribution in [0.3, 0.4) is 0 Å². The first-order valence-electron chi connectivity index (χ1n) is 8.90. The van der Waals surface area contributed by atoms with Crippen LogP contribution in [0.2, 0.25) is 0 Å². The highest BCUT2D eigenvalue weighted by Gasteiger charge is 2.26. The van der Waals surface area contributed by atoms with Gasteiger partial charge >= 0.3 is 0 Å². The lowest BCUT2D eigenvalue weighted by Gasteiger charge is -2.25. The second-order valence-electron chi connectivity index (χ2n) is 6.60. The molecule has 3 rings (SSSR count). The zero-order chi connectivity index (χ0) is 19.2. The van der Waals surface area contributed by atoms with Crippen molar-refractivity contribution in [1.29, 1.82) is 10.5 Å². The third kappa shape index (κ3) is 4.05. The number of nitrogens with zero attached hydrogens (tertiary/aromatic N) is 4. The lowest BCUT2D eigenvalue weighted by molar-refractivity contribution is 0.443. The Hall–Kier alpha value is -3.01. The molecule has 2 aromatic rings.